The third-order valence-corrected chi connectivity index (χ3v) is 4.44. The van der Waals surface area contributed by atoms with Crippen LogP contribution in [0.2, 0.25) is 5.02 Å². The molecule has 4 unspecified atom stereocenters. The number of rotatable bonds is 2. The number of nitrogens with one attached hydrogen (secondary N) is 1. The minimum Gasteiger partial charge on any atom is -0.376 e. The number of nitrogens with two attached hydrogens (primary N) is 1. The van der Waals surface area contributed by atoms with Crippen LogP contribution < -0.4 is 11.1 Å². The first-order chi connectivity index (χ1) is 9.88. The predicted octanol–water partition coefficient (Wildman–Crippen LogP) is 2.67. The van der Waals surface area contributed by atoms with E-state index in [9.17, 15) is 13.2 Å². The maximum Gasteiger partial charge on any atom is 0.417 e. The smallest absolute Gasteiger partial charge is 0.376 e. The van der Waals surface area contributed by atoms with E-state index in [0.717, 1.165) is 25.1 Å². The minimum absolute atomic E-state index is 0.0195. The first-order valence-corrected chi connectivity index (χ1v) is 7.12. The van der Waals surface area contributed by atoms with Crippen LogP contribution in [0.4, 0.5) is 19.0 Å². The van der Waals surface area contributed by atoms with Gasteiger partial charge in [-0.25, -0.2) is 4.98 Å². The molecule has 4 atom stereocenters. The lowest BCUT2D eigenvalue weighted by Crippen LogP contribution is -2.69. The zero-order chi connectivity index (χ0) is 15.2. The third kappa shape index (κ3) is 2.69. The van der Waals surface area contributed by atoms with Gasteiger partial charge in [0.2, 0.25) is 0 Å². The van der Waals surface area contributed by atoms with Gasteiger partial charge in [-0.05, 0) is 18.9 Å². The van der Waals surface area contributed by atoms with E-state index in [4.69, 9.17) is 22.1 Å². The summed E-state index contributed by atoms with van der Waals surface area (Å²) in [4.78, 5) is 3.76. The molecule has 3 rings (SSSR count). The van der Waals surface area contributed by atoms with Crippen molar-refractivity contribution in [3.05, 3.63) is 22.8 Å². The Kier molecular flexibility index (Phi) is 3.75. The number of anilines is 1. The first kappa shape index (κ1) is 14.9. The number of pyridine rings is 1. The molecule has 2 aliphatic rings. The molecule has 4 nitrogen and oxygen atoms in total. The number of fused-ring (bicyclic) bond motifs is 1. The van der Waals surface area contributed by atoms with Crippen LogP contribution in [0, 0.1) is 5.92 Å². The van der Waals surface area contributed by atoms with Crippen LogP contribution in [-0.4, -0.2) is 29.8 Å². The van der Waals surface area contributed by atoms with Crippen LogP contribution in [0.3, 0.4) is 0 Å². The summed E-state index contributed by atoms with van der Waals surface area (Å²) in [5.41, 5.74) is 5.21. The number of hydrogen-bond donors (Lipinski definition) is 2. The van der Waals surface area contributed by atoms with Gasteiger partial charge in [-0.1, -0.05) is 11.6 Å². The van der Waals surface area contributed by atoms with E-state index < -0.39 is 11.7 Å². The predicted molar refractivity (Wildman–Crippen MR) is 72.1 cm³/mol. The van der Waals surface area contributed by atoms with Crippen molar-refractivity contribution < 1.29 is 17.9 Å². The van der Waals surface area contributed by atoms with Gasteiger partial charge in [-0.2, -0.15) is 13.2 Å². The lowest BCUT2D eigenvalue weighted by Gasteiger charge is -2.52. The Bertz CT molecular complexity index is 540. The molecule has 0 bridgehead atoms. The Morgan fingerprint density at radius 2 is 2.19 bits per heavy atom. The minimum atomic E-state index is -4.46. The average Bonchev–Trinajstić information content (AvgIpc) is 2.44. The summed E-state index contributed by atoms with van der Waals surface area (Å²) in [6.07, 6.45) is -1.72. The molecule has 0 spiro atoms. The van der Waals surface area contributed by atoms with Crippen molar-refractivity contribution in [3.63, 3.8) is 0 Å². The number of aromatic nitrogens is 1. The van der Waals surface area contributed by atoms with E-state index in [1.165, 1.54) is 0 Å². The highest BCUT2D eigenvalue weighted by Crippen LogP contribution is 2.39. The van der Waals surface area contributed by atoms with Gasteiger partial charge < -0.3 is 15.8 Å². The summed E-state index contributed by atoms with van der Waals surface area (Å²) >= 11 is 5.88. The van der Waals surface area contributed by atoms with Crippen LogP contribution >= 0.6 is 11.6 Å². The quantitative estimate of drug-likeness (QED) is 0.879. The normalized spacial score (nSPS) is 32.2. The van der Waals surface area contributed by atoms with Gasteiger partial charge in [-0.15, -0.1) is 0 Å². The Morgan fingerprint density at radius 3 is 2.86 bits per heavy atom. The van der Waals surface area contributed by atoms with Gasteiger partial charge in [0.1, 0.15) is 5.82 Å². The molecule has 116 valence electrons. The molecule has 3 N–H and O–H groups in total. The molecule has 21 heavy (non-hydrogen) atoms. The molecule has 0 radical (unpaired) electrons. The van der Waals surface area contributed by atoms with Crippen LogP contribution in [0.25, 0.3) is 0 Å². The van der Waals surface area contributed by atoms with Crippen molar-refractivity contribution in [3.8, 4) is 0 Å². The molecular formula is C13H15ClF3N3O. The average molecular weight is 322 g/mol. The highest BCUT2D eigenvalue weighted by Gasteiger charge is 2.50. The number of alkyl halides is 3. The maximum absolute atomic E-state index is 12.6. The summed E-state index contributed by atoms with van der Waals surface area (Å²) in [5, 5.41) is 2.94. The zero-order valence-electron chi connectivity index (χ0n) is 11.0. The molecular weight excluding hydrogens is 307 g/mol. The van der Waals surface area contributed by atoms with Crippen LogP contribution in [0.15, 0.2) is 12.3 Å². The van der Waals surface area contributed by atoms with E-state index >= 15 is 0 Å². The largest absolute Gasteiger partial charge is 0.417 e. The number of hydrogen-bond acceptors (Lipinski definition) is 4. The van der Waals surface area contributed by atoms with E-state index in [-0.39, 0.29) is 29.0 Å². The highest BCUT2D eigenvalue weighted by atomic mass is 35.5. The molecule has 2 heterocycles. The van der Waals surface area contributed by atoms with Crippen molar-refractivity contribution in [2.75, 3.05) is 11.9 Å². The fourth-order valence-electron chi connectivity index (χ4n) is 2.98. The molecule has 1 aromatic heterocycles. The molecule has 8 heteroatoms. The van der Waals surface area contributed by atoms with Crippen molar-refractivity contribution in [2.24, 2.45) is 11.7 Å². The van der Waals surface area contributed by atoms with Gasteiger partial charge in [0.25, 0.3) is 0 Å². The van der Waals surface area contributed by atoms with E-state index in [0.29, 0.717) is 12.5 Å². The van der Waals surface area contributed by atoms with Gasteiger partial charge in [0.05, 0.1) is 22.7 Å². The molecule has 0 amide bonds. The standard InChI is InChI=1S/C13H15ClF3N3O/c14-8-4-6(13(15,16)17)5-19-12(8)20-10-9(18)7-2-1-3-21-11(7)10/h4-5,7,9-11H,1-3,18H2,(H,19,20). The summed E-state index contributed by atoms with van der Waals surface area (Å²) in [7, 11) is 0. The summed E-state index contributed by atoms with van der Waals surface area (Å²) in [5.74, 6) is 0.502. The van der Waals surface area contributed by atoms with Crippen molar-refractivity contribution >= 4 is 17.4 Å². The third-order valence-electron chi connectivity index (χ3n) is 4.15. The Labute approximate surface area is 124 Å². The number of halogens is 4. The second-order valence-corrected chi connectivity index (χ2v) is 5.85. The van der Waals surface area contributed by atoms with Gasteiger partial charge in [0.15, 0.2) is 0 Å². The molecule has 0 aromatic carbocycles. The SMILES string of the molecule is NC1C2CCCOC2C1Nc1ncc(C(F)(F)F)cc1Cl. The van der Waals surface area contributed by atoms with Crippen LogP contribution in [0.5, 0.6) is 0 Å². The zero-order valence-corrected chi connectivity index (χ0v) is 11.8. The molecule has 1 saturated heterocycles. The second kappa shape index (κ2) is 5.30. The van der Waals surface area contributed by atoms with E-state index in [1.807, 2.05) is 0 Å². The monoisotopic (exact) mass is 321 g/mol. The number of nitrogens with zero attached hydrogens (tertiary/aromatic N) is 1. The molecule has 2 fully saturated rings. The Morgan fingerprint density at radius 1 is 1.43 bits per heavy atom. The fraction of sp³-hybridized carbons (Fsp3) is 0.615. The van der Waals surface area contributed by atoms with Gasteiger partial charge in [0, 0.05) is 24.8 Å². The lowest BCUT2D eigenvalue weighted by molar-refractivity contribution is -0.137. The topological polar surface area (TPSA) is 60.2 Å². The summed E-state index contributed by atoms with van der Waals surface area (Å²) in [6, 6.07) is 0.591. The van der Waals surface area contributed by atoms with E-state index in [1.54, 1.807) is 0 Å². The van der Waals surface area contributed by atoms with Crippen molar-refractivity contribution in [2.45, 2.75) is 37.2 Å². The molecule has 1 aliphatic carbocycles. The Balaban J connectivity index is 1.74. The lowest BCUT2D eigenvalue weighted by atomic mass is 9.68. The van der Waals surface area contributed by atoms with Gasteiger partial charge >= 0.3 is 6.18 Å². The Hall–Kier alpha value is -1.05. The van der Waals surface area contributed by atoms with Gasteiger partial charge in [-0.3, -0.25) is 0 Å². The fourth-order valence-corrected chi connectivity index (χ4v) is 3.20. The summed E-state index contributed by atoms with van der Waals surface area (Å²) < 4.78 is 43.3. The highest BCUT2D eigenvalue weighted by molar-refractivity contribution is 6.33. The van der Waals surface area contributed by atoms with Crippen molar-refractivity contribution in [1.29, 1.82) is 0 Å². The maximum atomic E-state index is 12.6. The van der Waals surface area contributed by atoms with Crippen LogP contribution in [-0.2, 0) is 10.9 Å². The molecule has 1 aromatic rings. The molecule has 1 saturated carbocycles. The second-order valence-electron chi connectivity index (χ2n) is 5.44. The summed E-state index contributed by atoms with van der Waals surface area (Å²) in [6.45, 7) is 0.681. The van der Waals surface area contributed by atoms with Crippen molar-refractivity contribution in [1.82, 2.24) is 4.98 Å². The van der Waals surface area contributed by atoms with E-state index in [2.05, 4.69) is 10.3 Å². The number of ether oxygens (including phenoxy) is 1. The molecule has 1 aliphatic heterocycles. The first-order valence-electron chi connectivity index (χ1n) is 6.74. The van der Waals surface area contributed by atoms with Crippen LogP contribution in [0.1, 0.15) is 18.4 Å².